The predicted octanol–water partition coefficient (Wildman–Crippen LogP) is -0.472. The molecule has 3 amide bonds. The van der Waals surface area contributed by atoms with Crippen LogP contribution in [0.3, 0.4) is 0 Å². The Hall–Kier alpha value is -0.910. The highest BCUT2D eigenvalue weighted by molar-refractivity contribution is 7.99. The highest BCUT2D eigenvalue weighted by atomic mass is 32.2. The van der Waals surface area contributed by atoms with E-state index < -0.39 is 11.9 Å². The zero-order valence-corrected chi connectivity index (χ0v) is 8.50. The molecule has 1 rings (SSSR count). The molecule has 2 N–H and O–H groups in total. The number of nitrogens with zero attached hydrogens (tertiary/aromatic N) is 2. The molecule has 0 aliphatic carbocycles. The van der Waals surface area contributed by atoms with Gasteiger partial charge in [-0.3, -0.25) is 4.79 Å². The van der Waals surface area contributed by atoms with Crippen molar-refractivity contribution in [1.82, 2.24) is 9.80 Å². The smallest absolute Gasteiger partial charge is 0.320 e. The fourth-order valence-corrected chi connectivity index (χ4v) is 2.28. The van der Waals surface area contributed by atoms with Gasteiger partial charge in [0.2, 0.25) is 5.91 Å². The highest BCUT2D eigenvalue weighted by Gasteiger charge is 2.33. The normalized spacial score (nSPS) is 21.7. The van der Waals surface area contributed by atoms with Gasteiger partial charge in [-0.2, -0.15) is 0 Å². The van der Waals surface area contributed by atoms with E-state index in [4.69, 9.17) is 5.73 Å². The maximum Gasteiger partial charge on any atom is 0.320 e. The van der Waals surface area contributed by atoms with Crippen molar-refractivity contribution < 1.29 is 9.59 Å². The van der Waals surface area contributed by atoms with Gasteiger partial charge in [-0.05, 0) is 0 Å². The Labute approximate surface area is 81.2 Å². The van der Waals surface area contributed by atoms with E-state index in [1.807, 2.05) is 0 Å². The third kappa shape index (κ3) is 2.06. The molecule has 1 heterocycles. The van der Waals surface area contributed by atoms with E-state index in [2.05, 4.69) is 0 Å². The Balaban J connectivity index is 2.68. The second-order valence-electron chi connectivity index (χ2n) is 3.06. The first-order chi connectivity index (χ1) is 6.04. The summed E-state index contributed by atoms with van der Waals surface area (Å²) >= 11 is 1.54. The molecule has 0 bridgehead atoms. The third-order valence-corrected chi connectivity index (χ3v) is 2.85. The quantitative estimate of drug-likeness (QED) is 0.626. The zero-order valence-electron chi connectivity index (χ0n) is 7.69. The number of rotatable bonds is 1. The minimum Gasteiger partial charge on any atom is -0.368 e. The molecule has 0 aromatic carbocycles. The molecule has 6 heteroatoms. The summed E-state index contributed by atoms with van der Waals surface area (Å²) in [5, 5.41) is 0. The lowest BCUT2D eigenvalue weighted by Crippen LogP contribution is -2.48. The Morgan fingerprint density at radius 3 is 2.62 bits per heavy atom. The average Bonchev–Trinajstić information content (AvgIpc) is 2.50. The predicted molar refractivity (Wildman–Crippen MR) is 51.2 cm³/mol. The van der Waals surface area contributed by atoms with Crippen LogP contribution in [-0.4, -0.2) is 53.5 Å². The van der Waals surface area contributed by atoms with Crippen LogP contribution >= 0.6 is 11.8 Å². The summed E-state index contributed by atoms with van der Waals surface area (Å²) in [6, 6.07) is -0.603. The topological polar surface area (TPSA) is 66.6 Å². The zero-order chi connectivity index (χ0) is 10.0. The van der Waals surface area contributed by atoms with Crippen LogP contribution < -0.4 is 5.73 Å². The number of primary amides is 1. The molecule has 1 atom stereocenters. The molecular formula is C7H13N3O2S. The first-order valence-electron chi connectivity index (χ1n) is 3.89. The molecule has 13 heavy (non-hydrogen) atoms. The number of hydrogen-bond donors (Lipinski definition) is 1. The minimum atomic E-state index is -0.445. The highest BCUT2D eigenvalue weighted by Crippen LogP contribution is 2.21. The fourth-order valence-electron chi connectivity index (χ4n) is 1.12. The van der Waals surface area contributed by atoms with E-state index in [-0.39, 0.29) is 6.03 Å². The van der Waals surface area contributed by atoms with E-state index in [1.54, 1.807) is 25.9 Å². The van der Waals surface area contributed by atoms with Crippen LogP contribution in [-0.2, 0) is 4.79 Å². The van der Waals surface area contributed by atoms with Gasteiger partial charge in [-0.15, -0.1) is 11.8 Å². The molecule has 1 aliphatic heterocycles. The van der Waals surface area contributed by atoms with E-state index in [0.29, 0.717) is 11.6 Å². The number of amides is 3. The van der Waals surface area contributed by atoms with Crippen molar-refractivity contribution in [2.24, 2.45) is 5.73 Å². The van der Waals surface area contributed by atoms with Gasteiger partial charge in [-0.1, -0.05) is 0 Å². The third-order valence-electron chi connectivity index (χ3n) is 1.84. The van der Waals surface area contributed by atoms with Crippen LogP contribution in [0.25, 0.3) is 0 Å². The molecule has 5 nitrogen and oxygen atoms in total. The summed E-state index contributed by atoms with van der Waals surface area (Å²) in [5.41, 5.74) is 5.16. The van der Waals surface area contributed by atoms with Crippen molar-refractivity contribution in [2.75, 3.05) is 25.7 Å². The van der Waals surface area contributed by atoms with Crippen molar-refractivity contribution >= 4 is 23.7 Å². The molecule has 0 radical (unpaired) electrons. The monoisotopic (exact) mass is 203 g/mol. The Bertz CT molecular complexity index is 232. The molecule has 1 unspecified atom stereocenters. The van der Waals surface area contributed by atoms with Gasteiger partial charge in [-0.25, -0.2) is 4.79 Å². The average molecular weight is 203 g/mol. The molecule has 74 valence electrons. The first-order valence-corrected chi connectivity index (χ1v) is 5.04. The number of carbonyl (C=O) groups excluding carboxylic acids is 2. The second kappa shape index (κ2) is 3.87. The molecule has 0 saturated carbocycles. The fraction of sp³-hybridized carbons (Fsp3) is 0.714. The SMILES string of the molecule is CN(C)C(=O)N1CSCC1C(N)=O. The van der Waals surface area contributed by atoms with Gasteiger partial charge in [0.15, 0.2) is 0 Å². The van der Waals surface area contributed by atoms with Crippen molar-refractivity contribution in [1.29, 1.82) is 0 Å². The molecule has 1 saturated heterocycles. The lowest BCUT2D eigenvalue weighted by atomic mass is 10.3. The largest absolute Gasteiger partial charge is 0.368 e. The van der Waals surface area contributed by atoms with Crippen LogP contribution in [0.5, 0.6) is 0 Å². The van der Waals surface area contributed by atoms with E-state index in [0.717, 1.165) is 0 Å². The van der Waals surface area contributed by atoms with E-state index in [1.165, 1.54) is 9.80 Å². The van der Waals surface area contributed by atoms with E-state index in [9.17, 15) is 9.59 Å². The van der Waals surface area contributed by atoms with Crippen molar-refractivity contribution in [3.63, 3.8) is 0 Å². The number of thioether (sulfide) groups is 1. The maximum atomic E-state index is 11.5. The second-order valence-corrected chi connectivity index (χ2v) is 4.06. The summed E-state index contributed by atoms with van der Waals surface area (Å²) in [7, 11) is 3.31. The van der Waals surface area contributed by atoms with Crippen LogP contribution in [0, 0.1) is 0 Å². The van der Waals surface area contributed by atoms with Gasteiger partial charge < -0.3 is 15.5 Å². The van der Waals surface area contributed by atoms with Gasteiger partial charge in [0, 0.05) is 19.8 Å². The summed E-state index contributed by atoms with van der Waals surface area (Å²) in [5.74, 6) is 0.722. The molecule has 0 aromatic heterocycles. The minimum absolute atomic E-state index is 0.159. The molecule has 1 fully saturated rings. The van der Waals surface area contributed by atoms with Crippen LogP contribution in [0.2, 0.25) is 0 Å². The number of nitrogens with two attached hydrogens (primary N) is 1. The summed E-state index contributed by atoms with van der Waals surface area (Å²) in [4.78, 5) is 25.4. The Morgan fingerprint density at radius 1 is 1.54 bits per heavy atom. The number of carbonyl (C=O) groups is 2. The standard InChI is InChI=1S/C7H13N3O2S/c1-9(2)7(12)10-4-13-3-5(10)6(8)11/h5H,3-4H2,1-2H3,(H2,8,11). The van der Waals surface area contributed by atoms with Gasteiger partial charge >= 0.3 is 6.03 Å². The Morgan fingerprint density at radius 2 is 2.15 bits per heavy atom. The molecule has 1 aliphatic rings. The molecule has 0 aromatic rings. The molecular weight excluding hydrogens is 190 g/mol. The Kier molecular flexibility index (Phi) is 3.02. The molecule has 0 spiro atoms. The van der Waals surface area contributed by atoms with Crippen molar-refractivity contribution in [3.8, 4) is 0 Å². The summed E-state index contributed by atoms with van der Waals surface area (Å²) in [6.07, 6.45) is 0. The van der Waals surface area contributed by atoms with Crippen LogP contribution in [0.1, 0.15) is 0 Å². The lowest BCUT2D eigenvalue weighted by molar-refractivity contribution is -0.121. The summed E-state index contributed by atoms with van der Waals surface area (Å²) < 4.78 is 0. The van der Waals surface area contributed by atoms with Crippen molar-refractivity contribution in [3.05, 3.63) is 0 Å². The van der Waals surface area contributed by atoms with Gasteiger partial charge in [0.05, 0.1) is 5.88 Å². The summed E-state index contributed by atoms with van der Waals surface area (Å²) in [6.45, 7) is 0. The van der Waals surface area contributed by atoms with Crippen LogP contribution in [0.15, 0.2) is 0 Å². The number of hydrogen-bond acceptors (Lipinski definition) is 3. The lowest BCUT2D eigenvalue weighted by Gasteiger charge is -2.24. The maximum absolute atomic E-state index is 11.5. The van der Waals surface area contributed by atoms with E-state index >= 15 is 0 Å². The van der Waals surface area contributed by atoms with Crippen molar-refractivity contribution in [2.45, 2.75) is 6.04 Å². The van der Waals surface area contributed by atoms with Gasteiger partial charge in [0.25, 0.3) is 0 Å². The number of urea groups is 1. The first kappa shape index (κ1) is 10.2. The van der Waals surface area contributed by atoms with Crippen LogP contribution in [0.4, 0.5) is 4.79 Å². The van der Waals surface area contributed by atoms with Gasteiger partial charge in [0.1, 0.15) is 6.04 Å².